The Kier molecular flexibility index (Phi) is 6.60. The molecular weight excluding hydrogens is 332 g/mol. The molecule has 2 rings (SSSR count). The highest BCUT2D eigenvalue weighted by atomic mass is 16.5. The van der Waals surface area contributed by atoms with E-state index in [-0.39, 0.29) is 18.9 Å². The minimum absolute atomic E-state index is 0.0959. The summed E-state index contributed by atoms with van der Waals surface area (Å²) in [5.41, 5.74) is 7.49. The maximum absolute atomic E-state index is 13.1. The Labute approximate surface area is 153 Å². The van der Waals surface area contributed by atoms with Crippen LogP contribution in [0.1, 0.15) is 27.9 Å². The zero-order valence-corrected chi connectivity index (χ0v) is 15.3. The van der Waals surface area contributed by atoms with E-state index < -0.39 is 5.91 Å². The summed E-state index contributed by atoms with van der Waals surface area (Å²) in [6, 6.07) is 13.0. The van der Waals surface area contributed by atoms with E-state index in [1.165, 1.54) is 0 Å². The zero-order valence-electron chi connectivity index (χ0n) is 15.3. The van der Waals surface area contributed by atoms with Crippen molar-refractivity contribution in [3.8, 4) is 11.5 Å². The smallest absolute Gasteiger partial charge is 0.254 e. The number of nitrogens with two attached hydrogens (primary N) is 1. The second-order valence-electron chi connectivity index (χ2n) is 5.93. The normalized spacial score (nSPS) is 10.3. The number of hydrogen-bond acceptors (Lipinski definition) is 4. The monoisotopic (exact) mass is 356 g/mol. The van der Waals surface area contributed by atoms with Crippen molar-refractivity contribution in [3.63, 3.8) is 0 Å². The van der Waals surface area contributed by atoms with E-state index in [1.54, 1.807) is 31.3 Å². The van der Waals surface area contributed by atoms with Gasteiger partial charge in [0.25, 0.3) is 5.91 Å². The van der Waals surface area contributed by atoms with Crippen molar-refractivity contribution < 1.29 is 19.1 Å². The molecule has 2 aromatic carbocycles. The molecule has 0 saturated heterocycles. The first kappa shape index (κ1) is 19.3. The van der Waals surface area contributed by atoms with Gasteiger partial charge in [-0.15, -0.1) is 0 Å². The molecule has 0 aliphatic rings. The number of amides is 2. The van der Waals surface area contributed by atoms with Crippen LogP contribution in [0, 0.1) is 6.92 Å². The molecule has 138 valence electrons. The molecule has 0 aliphatic heterocycles. The van der Waals surface area contributed by atoms with Gasteiger partial charge in [0, 0.05) is 30.6 Å². The highest BCUT2D eigenvalue weighted by Gasteiger charge is 2.20. The van der Waals surface area contributed by atoms with Crippen molar-refractivity contribution >= 4 is 11.8 Å². The number of ether oxygens (including phenoxy) is 2. The van der Waals surface area contributed by atoms with Gasteiger partial charge in [0.15, 0.2) is 0 Å². The standard InChI is InChI=1S/C20H24N2O4/c1-14-17(25-2)11-16(12-18(14)26-3)20(24)22(10-9-19(21)23)13-15-7-5-4-6-8-15/h4-8,11-12H,9-10,13H2,1-3H3,(H2,21,23). The van der Waals surface area contributed by atoms with Crippen molar-refractivity contribution in [3.05, 3.63) is 59.2 Å². The number of benzene rings is 2. The van der Waals surface area contributed by atoms with Gasteiger partial charge in [-0.25, -0.2) is 0 Å². The fourth-order valence-corrected chi connectivity index (χ4v) is 2.69. The molecule has 0 spiro atoms. The van der Waals surface area contributed by atoms with Gasteiger partial charge >= 0.3 is 0 Å². The van der Waals surface area contributed by atoms with Crippen LogP contribution < -0.4 is 15.2 Å². The number of carbonyl (C=O) groups excluding carboxylic acids is 2. The molecule has 0 saturated carbocycles. The zero-order chi connectivity index (χ0) is 19.1. The number of methoxy groups -OCH3 is 2. The highest BCUT2D eigenvalue weighted by molar-refractivity contribution is 5.95. The molecule has 0 unspecified atom stereocenters. The summed E-state index contributed by atoms with van der Waals surface area (Å²) in [7, 11) is 3.09. The SMILES string of the molecule is COc1cc(C(=O)N(CCC(N)=O)Cc2ccccc2)cc(OC)c1C. The largest absolute Gasteiger partial charge is 0.496 e. The van der Waals surface area contributed by atoms with Crippen molar-refractivity contribution in [1.29, 1.82) is 0 Å². The predicted octanol–water partition coefficient (Wildman–Crippen LogP) is 2.53. The fraction of sp³-hybridized carbons (Fsp3) is 0.300. The molecule has 0 heterocycles. The second-order valence-corrected chi connectivity index (χ2v) is 5.93. The maximum atomic E-state index is 13.1. The van der Waals surface area contributed by atoms with E-state index in [4.69, 9.17) is 15.2 Å². The lowest BCUT2D eigenvalue weighted by atomic mass is 10.1. The van der Waals surface area contributed by atoms with Gasteiger partial charge in [-0.3, -0.25) is 9.59 Å². The van der Waals surface area contributed by atoms with Gasteiger partial charge in [-0.2, -0.15) is 0 Å². The van der Waals surface area contributed by atoms with Crippen molar-refractivity contribution in [2.75, 3.05) is 20.8 Å². The molecular formula is C20H24N2O4. The highest BCUT2D eigenvalue weighted by Crippen LogP contribution is 2.30. The summed E-state index contributed by atoms with van der Waals surface area (Å²) >= 11 is 0. The Morgan fingerprint density at radius 2 is 1.62 bits per heavy atom. The average molecular weight is 356 g/mol. The van der Waals surface area contributed by atoms with E-state index in [0.29, 0.717) is 23.6 Å². The molecule has 0 aliphatic carbocycles. The summed E-state index contributed by atoms with van der Waals surface area (Å²) in [6.07, 6.45) is 0.0959. The summed E-state index contributed by atoms with van der Waals surface area (Å²) in [6.45, 7) is 2.48. The average Bonchev–Trinajstić information content (AvgIpc) is 2.65. The van der Waals surface area contributed by atoms with E-state index in [9.17, 15) is 9.59 Å². The van der Waals surface area contributed by atoms with Crippen LogP contribution >= 0.6 is 0 Å². The van der Waals surface area contributed by atoms with Gasteiger partial charge in [-0.1, -0.05) is 30.3 Å². The summed E-state index contributed by atoms with van der Waals surface area (Å²) in [5, 5.41) is 0. The van der Waals surface area contributed by atoms with Crippen LogP contribution in [-0.4, -0.2) is 37.5 Å². The van der Waals surface area contributed by atoms with Crippen molar-refractivity contribution in [2.45, 2.75) is 19.9 Å². The first-order chi connectivity index (χ1) is 12.5. The lowest BCUT2D eigenvalue weighted by Gasteiger charge is -2.23. The minimum atomic E-state index is -0.449. The van der Waals surface area contributed by atoms with E-state index >= 15 is 0 Å². The Bertz CT molecular complexity index is 750. The minimum Gasteiger partial charge on any atom is -0.496 e. The maximum Gasteiger partial charge on any atom is 0.254 e. The van der Waals surface area contributed by atoms with Crippen LogP contribution in [0.25, 0.3) is 0 Å². The quantitative estimate of drug-likeness (QED) is 0.788. The number of rotatable bonds is 8. The van der Waals surface area contributed by atoms with E-state index in [2.05, 4.69) is 0 Å². The van der Waals surface area contributed by atoms with Crippen LogP contribution in [0.4, 0.5) is 0 Å². The van der Waals surface area contributed by atoms with Gasteiger partial charge < -0.3 is 20.1 Å². The first-order valence-electron chi connectivity index (χ1n) is 8.30. The Balaban J connectivity index is 2.34. The van der Waals surface area contributed by atoms with E-state index in [0.717, 1.165) is 11.1 Å². The molecule has 0 aromatic heterocycles. The molecule has 2 N–H and O–H groups in total. The first-order valence-corrected chi connectivity index (χ1v) is 8.30. The molecule has 0 bridgehead atoms. The number of carbonyl (C=O) groups is 2. The van der Waals surface area contributed by atoms with Crippen LogP contribution in [0.3, 0.4) is 0 Å². The molecule has 0 fully saturated rings. The summed E-state index contributed by atoms with van der Waals surface area (Å²) in [5.74, 6) is 0.478. The third kappa shape index (κ3) is 4.75. The number of nitrogens with zero attached hydrogens (tertiary/aromatic N) is 1. The molecule has 6 nitrogen and oxygen atoms in total. The molecule has 0 atom stereocenters. The van der Waals surface area contributed by atoms with Crippen molar-refractivity contribution in [2.24, 2.45) is 5.73 Å². The van der Waals surface area contributed by atoms with Crippen LogP contribution in [-0.2, 0) is 11.3 Å². The number of hydrogen-bond donors (Lipinski definition) is 1. The molecule has 2 amide bonds. The van der Waals surface area contributed by atoms with Gasteiger partial charge in [-0.05, 0) is 24.6 Å². The van der Waals surface area contributed by atoms with Crippen LogP contribution in [0.15, 0.2) is 42.5 Å². The third-order valence-electron chi connectivity index (χ3n) is 4.13. The third-order valence-corrected chi connectivity index (χ3v) is 4.13. The van der Waals surface area contributed by atoms with Crippen molar-refractivity contribution in [1.82, 2.24) is 4.90 Å². The molecule has 26 heavy (non-hydrogen) atoms. The number of primary amides is 1. The lowest BCUT2D eigenvalue weighted by Crippen LogP contribution is -2.33. The van der Waals surface area contributed by atoms with E-state index in [1.807, 2.05) is 37.3 Å². The second kappa shape index (κ2) is 8.89. The fourth-order valence-electron chi connectivity index (χ4n) is 2.69. The molecule has 2 aromatic rings. The topological polar surface area (TPSA) is 81.9 Å². The Morgan fingerprint density at radius 3 is 2.12 bits per heavy atom. The van der Waals surface area contributed by atoms with Crippen LogP contribution in [0.2, 0.25) is 0 Å². The van der Waals surface area contributed by atoms with Gasteiger partial charge in [0.2, 0.25) is 5.91 Å². The summed E-state index contributed by atoms with van der Waals surface area (Å²) < 4.78 is 10.7. The molecule has 6 heteroatoms. The Hall–Kier alpha value is -3.02. The van der Waals surface area contributed by atoms with Gasteiger partial charge in [0.1, 0.15) is 11.5 Å². The summed E-state index contributed by atoms with van der Waals surface area (Å²) in [4.78, 5) is 25.9. The Morgan fingerprint density at radius 1 is 1.04 bits per heavy atom. The predicted molar refractivity (Wildman–Crippen MR) is 99.3 cm³/mol. The van der Waals surface area contributed by atoms with Crippen LogP contribution in [0.5, 0.6) is 11.5 Å². The molecule has 0 radical (unpaired) electrons. The lowest BCUT2D eigenvalue weighted by molar-refractivity contribution is -0.118. The van der Waals surface area contributed by atoms with Gasteiger partial charge in [0.05, 0.1) is 14.2 Å².